The number of nitrogens with one attached hydrogen (secondary N) is 3. The van der Waals surface area contributed by atoms with E-state index in [9.17, 15) is 4.79 Å². The molecule has 0 aromatic rings. The summed E-state index contributed by atoms with van der Waals surface area (Å²) in [5.41, 5.74) is 6.01. The zero-order valence-corrected chi connectivity index (χ0v) is 8.50. The average Bonchev–Trinajstić information content (AvgIpc) is 2.47. The Labute approximate surface area is 83.5 Å². The molecule has 0 aromatic carbocycles. The average molecular weight is 196 g/mol. The van der Waals surface area contributed by atoms with Crippen LogP contribution in [0.1, 0.15) is 26.7 Å². The van der Waals surface area contributed by atoms with Crippen LogP contribution in [0.4, 0.5) is 0 Å². The normalized spacial score (nSPS) is 35.7. The predicted molar refractivity (Wildman–Crippen MR) is 52.5 cm³/mol. The molecule has 0 aliphatic carbocycles. The van der Waals surface area contributed by atoms with Crippen LogP contribution in [-0.2, 0) is 4.79 Å². The molecule has 5 heteroatoms. The minimum atomic E-state index is -0.281. The molecule has 0 aromatic heterocycles. The number of carbonyl (C=O) groups is 1. The van der Waals surface area contributed by atoms with Crippen LogP contribution < -0.4 is 16.2 Å². The molecule has 2 heterocycles. The van der Waals surface area contributed by atoms with Crippen LogP contribution in [0.25, 0.3) is 0 Å². The lowest BCUT2D eigenvalue weighted by Gasteiger charge is -2.36. The number of hydrogen-bond acceptors (Lipinski definition) is 4. The Bertz CT molecular complexity index is 278. The van der Waals surface area contributed by atoms with Crippen LogP contribution in [0.3, 0.4) is 0 Å². The second-order valence-corrected chi connectivity index (χ2v) is 3.93. The molecule has 2 atom stereocenters. The lowest BCUT2D eigenvalue weighted by atomic mass is 10.1. The van der Waals surface area contributed by atoms with Crippen LogP contribution in [0.2, 0.25) is 0 Å². The molecule has 0 saturated carbocycles. The number of nitrogens with zero attached hydrogens (tertiary/aromatic N) is 1. The van der Waals surface area contributed by atoms with E-state index in [0.717, 1.165) is 12.8 Å². The maximum Gasteiger partial charge on any atom is 0.263 e. The van der Waals surface area contributed by atoms with Crippen LogP contribution in [0.15, 0.2) is 12.4 Å². The van der Waals surface area contributed by atoms with Crippen molar-refractivity contribution in [3.05, 3.63) is 12.4 Å². The van der Waals surface area contributed by atoms with Crippen LogP contribution >= 0.6 is 0 Å². The summed E-state index contributed by atoms with van der Waals surface area (Å²) in [6.07, 6.45) is 5.38. The molecule has 78 valence electrons. The fourth-order valence-electron chi connectivity index (χ4n) is 2.04. The van der Waals surface area contributed by atoms with Crippen molar-refractivity contribution in [1.29, 1.82) is 0 Å². The molecule has 2 aliphatic rings. The first-order chi connectivity index (χ1) is 6.67. The molecule has 1 amide bonds. The quantitative estimate of drug-likeness (QED) is 0.574. The van der Waals surface area contributed by atoms with Gasteiger partial charge in [0.05, 0.1) is 0 Å². The van der Waals surface area contributed by atoms with Crippen LogP contribution in [0, 0.1) is 0 Å². The van der Waals surface area contributed by atoms with E-state index in [-0.39, 0.29) is 17.7 Å². The smallest absolute Gasteiger partial charge is 0.263 e. The fourth-order valence-corrected chi connectivity index (χ4v) is 2.04. The molecule has 2 aliphatic heterocycles. The Morgan fingerprint density at radius 3 is 3.14 bits per heavy atom. The van der Waals surface area contributed by atoms with Gasteiger partial charge in [-0.25, -0.2) is 10.9 Å². The van der Waals surface area contributed by atoms with Crippen molar-refractivity contribution in [3.8, 4) is 0 Å². The zero-order valence-electron chi connectivity index (χ0n) is 8.50. The molecule has 2 unspecified atom stereocenters. The summed E-state index contributed by atoms with van der Waals surface area (Å²) in [5.74, 6) is -0.0140. The molecule has 0 spiro atoms. The lowest BCUT2D eigenvalue weighted by molar-refractivity contribution is -0.126. The van der Waals surface area contributed by atoms with E-state index >= 15 is 0 Å². The van der Waals surface area contributed by atoms with Gasteiger partial charge in [-0.2, -0.15) is 0 Å². The molecule has 5 nitrogen and oxygen atoms in total. The second kappa shape index (κ2) is 3.25. The van der Waals surface area contributed by atoms with E-state index in [1.165, 1.54) is 0 Å². The van der Waals surface area contributed by atoms with Gasteiger partial charge in [0.25, 0.3) is 5.91 Å². The molecule has 0 radical (unpaired) electrons. The van der Waals surface area contributed by atoms with Gasteiger partial charge in [-0.15, -0.1) is 0 Å². The first-order valence-corrected chi connectivity index (χ1v) is 4.95. The maximum absolute atomic E-state index is 11.5. The minimum absolute atomic E-state index is 0.0140. The molecule has 1 saturated heterocycles. The molecular weight excluding hydrogens is 180 g/mol. The van der Waals surface area contributed by atoms with Crippen molar-refractivity contribution < 1.29 is 4.79 Å². The number of rotatable bonds is 2. The van der Waals surface area contributed by atoms with E-state index in [0.29, 0.717) is 0 Å². The summed E-state index contributed by atoms with van der Waals surface area (Å²) >= 11 is 0. The van der Waals surface area contributed by atoms with Crippen LogP contribution in [0.5, 0.6) is 0 Å². The largest absolute Gasteiger partial charge is 0.333 e. The van der Waals surface area contributed by atoms with Crippen molar-refractivity contribution in [3.63, 3.8) is 0 Å². The lowest BCUT2D eigenvalue weighted by Crippen LogP contribution is -2.52. The second-order valence-electron chi connectivity index (χ2n) is 3.93. The third-order valence-electron chi connectivity index (χ3n) is 2.77. The summed E-state index contributed by atoms with van der Waals surface area (Å²) in [6, 6.07) is 0. The van der Waals surface area contributed by atoms with Crippen molar-refractivity contribution in [2.24, 2.45) is 0 Å². The van der Waals surface area contributed by atoms with Gasteiger partial charge < -0.3 is 10.2 Å². The standard InChI is InChI=1S/C9H16N4O/c1-3-4-9(2)12-11-7-8(14)10-5-6-13(7)9/h5-7,11-12H,3-4H2,1-2H3,(H,10,14). The summed E-state index contributed by atoms with van der Waals surface area (Å²) in [4.78, 5) is 13.5. The first-order valence-electron chi connectivity index (χ1n) is 4.95. The topological polar surface area (TPSA) is 56.4 Å². The number of hydrogen-bond donors (Lipinski definition) is 3. The Morgan fingerprint density at radius 2 is 2.43 bits per heavy atom. The first kappa shape index (κ1) is 9.48. The highest BCUT2D eigenvalue weighted by molar-refractivity contribution is 5.83. The highest BCUT2D eigenvalue weighted by Gasteiger charge is 2.44. The Morgan fingerprint density at radius 1 is 1.64 bits per heavy atom. The fraction of sp³-hybridized carbons (Fsp3) is 0.667. The number of fused-ring (bicyclic) bond motifs is 1. The van der Waals surface area contributed by atoms with E-state index in [1.807, 2.05) is 11.1 Å². The SMILES string of the molecule is CCCC1(C)NNC2C(=O)NC=CN21. The maximum atomic E-state index is 11.5. The van der Waals surface area contributed by atoms with E-state index < -0.39 is 0 Å². The third-order valence-corrected chi connectivity index (χ3v) is 2.77. The predicted octanol–water partition coefficient (Wildman–Crippen LogP) is -0.160. The van der Waals surface area contributed by atoms with E-state index in [4.69, 9.17) is 0 Å². The third kappa shape index (κ3) is 1.29. The molecule has 1 fully saturated rings. The van der Waals surface area contributed by atoms with Crippen molar-refractivity contribution in [1.82, 2.24) is 21.1 Å². The van der Waals surface area contributed by atoms with Gasteiger partial charge in [0, 0.05) is 12.4 Å². The van der Waals surface area contributed by atoms with Gasteiger partial charge in [0.2, 0.25) is 0 Å². The van der Waals surface area contributed by atoms with Gasteiger partial charge in [0.15, 0.2) is 6.17 Å². The number of hydrazine groups is 1. The Hall–Kier alpha value is -1.07. The van der Waals surface area contributed by atoms with Crippen molar-refractivity contribution in [2.45, 2.75) is 38.5 Å². The number of carbonyl (C=O) groups excluding carboxylic acids is 1. The zero-order chi connectivity index (χ0) is 10.2. The van der Waals surface area contributed by atoms with Crippen molar-refractivity contribution in [2.75, 3.05) is 0 Å². The van der Waals surface area contributed by atoms with Crippen LogP contribution in [-0.4, -0.2) is 22.6 Å². The summed E-state index contributed by atoms with van der Waals surface area (Å²) in [7, 11) is 0. The molecule has 0 bridgehead atoms. The molecule has 3 N–H and O–H groups in total. The monoisotopic (exact) mass is 196 g/mol. The minimum Gasteiger partial charge on any atom is -0.333 e. The summed E-state index contributed by atoms with van der Waals surface area (Å²) < 4.78 is 0. The molecule has 2 rings (SSSR count). The molecule has 14 heavy (non-hydrogen) atoms. The Balaban J connectivity index is 2.21. The van der Waals surface area contributed by atoms with Gasteiger partial charge >= 0.3 is 0 Å². The van der Waals surface area contributed by atoms with Gasteiger partial charge in [-0.1, -0.05) is 13.3 Å². The van der Waals surface area contributed by atoms with E-state index in [2.05, 4.69) is 30.0 Å². The van der Waals surface area contributed by atoms with Gasteiger partial charge in [-0.05, 0) is 13.3 Å². The summed E-state index contributed by atoms with van der Waals surface area (Å²) in [6.45, 7) is 4.22. The van der Waals surface area contributed by atoms with Gasteiger partial charge in [-0.3, -0.25) is 4.79 Å². The van der Waals surface area contributed by atoms with Gasteiger partial charge in [0.1, 0.15) is 5.66 Å². The Kier molecular flexibility index (Phi) is 2.20. The number of amides is 1. The molecular formula is C9H16N4O. The highest BCUT2D eigenvalue weighted by atomic mass is 16.2. The van der Waals surface area contributed by atoms with Crippen molar-refractivity contribution >= 4 is 5.91 Å². The highest BCUT2D eigenvalue weighted by Crippen LogP contribution is 2.25. The summed E-state index contributed by atoms with van der Waals surface area (Å²) in [5, 5.41) is 2.67. The van der Waals surface area contributed by atoms with E-state index in [1.54, 1.807) is 6.20 Å².